The first-order valence-corrected chi connectivity index (χ1v) is 6.72. The Balaban J connectivity index is 1.94. The highest BCUT2D eigenvalue weighted by Gasteiger charge is 2.23. The Morgan fingerprint density at radius 1 is 1.33 bits per heavy atom. The highest BCUT2D eigenvalue weighted by molar-refractivity contribution is 5.66. The molecule has 0 heterocycles. The number of benzene rings is 1. The maximum absolute atomic E-state index is 10.5. The predicted molar refractivity (Wildman–Crippen MR) is 71.7 cm³/mol. The summed E-state index contributed by atoms with van der Waals surface area (Å²) in [6.07, 6.45) is 3.29. The predicted octanol–water partition coefficient (Wildman–Crippen LogP) is 3.08. The van der Waals surface area contributed by atoms with Gasteiger partial charge in [0.25, 0.3) is 0 Å². The van der Waals surface area contributed by atoms with Gasteiger partial charge in [0.05, 0.1) is 0 Å². The molecule has 0 aromatic heterocycles. The molecule has 1 aliphatic rings. The quantitative estimate of drug-likeness (QED) is 0.786. The third-order valence-corrected chi connectivity index (χ3v) is 3.75. The number of carboxylic acid groups (broad SMARTS) is 1. The van der Waals surface area contributed by atoms with Crippen LogP contribution in [0.25, 0.3) is 0 Å². The van der Waals surface area contributed by atoms with Crippen LogP contribution < -0.4 is 5.32 Å². The molecule has 0 amide bonds. The molecule has 0 saturated heterocycles. The average molecular weight is 247 g/mol. The molecule has 18 heavy (non-hydrogen) atoms. The summed E-state index contributed by atoms with van der Waals surface area (Å²) in [5, 5.41) is 12.1. The van der Waals surface area contributed by atoms with Gasteiger partial charge in [-0.15, -0.1) is 0 Å². The molecule has 0 radical (unpaired) electrons. The topological polar surface area (TPSA) is 49.3 Å². The summed E-state index contributed by atoms with van der Waals surface area (Å²) < 4.78 is 0. The Kier molecular flexibility index (Phi) is 4.37. The van der Waals surface area contributed by atoms with Crippen LogP contribution >= 0.6 is 0 Å². The highest BCUT2D eigenvalue weighted by atomic mass is 16.4. The van der Waals surface area contributed by atoms with E-state index in [-0.39, 0.29) is 6.42 Å². The van der Waals surface area contributed by atoms with Crippen molar-refractivity contribution in [1.82, 2.24) is 5.32 Å². The smallest absolute Gasteiger partial charge is 0.303 e. The second kappa shape index (κ2) is 6.01. The van der Waals surface area contributed by atoms with E-state index in [2.05, 4.69) is 36.5 Å². The lowest BCUT2D eigenvalue weighted by atomic mass is 9.81. The van der Waals surface area contributed by atoms with Gasteiger partial charge in [-0.2, -0.15) is 0 Å². The van der Waals surface area contributed by atoms with E-state index in [1.54, 1.807) is 0 Å². The summed E-state index contributed by atoms with van der Waals surface area (Å²) in [6.45, 7) is 3.05. The summed E-state index contributed by atoms with van der Waals surface area (Å²) in [6, 6.07) is 8.99. The summed E-state index contributed by atoms with van der Waals surface area (Å²) in [5.74, 6) is -0.0762. The molecule has 0 saturated carbocycles. The van der Waals surface area contributed by atoms with Crippen LogP contribution in [0.2, 0.25) is 0 Å². The molecule has 2 rings (SSSR count). The van der Waals surface area contributed by atoms with Gasteiger partial charge in [0.1, 0.15) is 0 Å². The number of rotatable bonds is 5. The average Bonchev–Trinajstić information content (AvgIpc) is 2.37. The van der Waals surface area contributed by atoms with E-state index in [4.69, 9.17) is 5.11 Å². The van der Waals surface area contributed by atoms with Crippen LogP contribution in [0.3, 0.4) is 0 Å². The van der Waals surface area contributed by atoms with Gasteiger partial charge >= 0.3 is 5.97 Å². The van der Waals surface area contributed by atoms with E-state index in [0.29, 0.717) is 18.4 Å². The number of nitrogens with one attached hydrogen (secondary N) is 1. The van der Waals surface area contributed by atoms with E-state index in [9.17, 15) is 4.79 Å². The Morgan fingerprint density at radius 3 is 2.78 bits per heavy atom. The van der Waals surface area contributed by atoms with Crippen molar-refractivity contribution in [2.24, 2.45) is 0 Å². The maximum atomic E-state index is 10.5. The lowest BCUT2D eigenvalue weighted by Gasteiger charge is -2.30. The zero-order valence-corrected chi connectivity index (χ0v) is 10.9. The van der Waals surface area contributed by atoms with Gasteiger partial charge in [0, 0.05) is 12.5 Å². The van der Waals surface area contributed by atoms with Gasteiger partial charge in [0.15, 0.2) is 0 Å². The highest BCUT2D eigenvalue weighted by Crippen LogP contribution is 2.36. The van der Waals surface area contributed by atoms with Crippen LogP contribution in [0.4, 0.5) is 0 Å². The molecule has 0 aliphatic heterocycles. The Hall–Kier alpha value is -1.35. The van der Waals surface area contributed by atoms with Crippen molar-refractivity contribution >= 4 is 5.97 Å². The van der Waals surface area contributed by atoms with Gasteiger partial charge < -0.3 is 10.4 Å². The van der Waals surface area contributed by atoms with Gasteiger partial charge in [0.2, 0.25) is 0 Å². The fourth-order valence-corrected chi connectivity index (χ4v) is 2.73. The van der Waals surface area contributed by atoms with E-state index in [0.717, 1.165) is 13.0 Å². The number of hydrogen-bond donors (Lipinski definition) is 2. The summed E-state index contributed by atoms with van der Waals surface area (Å²) in [4.78, 5) is 10.5. The van der Waals surface area contributed by atoms with Crippen molar-refractivity contribution in [3.63, 3.8) is 0 Å². The maximum Gasteiger partial charge on any atom is 0.303 e. The van der Waals surface area contributed by atoms with Crippen LogP contribution in [-0.2, 0) is 4.79 Å². The number of carboxylic acids is 1. The van der Waals surface area contributed by atoms with Crippen LogP contribution in [0.5, 0.6) is 0 Å². The molecule has 2 atom stereocenters. The molecule has 1 aromatic carbocycles. The minimum absolute atomic E-state index is 0.248. The standard InChI is InChI=1S/C15H21NO2/c1-11-8-9-14(16-10-4-7-15(17)18)13-6-3-2-5-12(11)13/h2-3,5-6,11,14,16H,4,7-10H2,1H3,(H,17,18). The SMILES string of the molecule is CC1CCC(NCCCC(=O)O)c2ccccc21. The van der Waals surface area contributed by atoms with Crippen molar-refractivity contribution < 1.29 is 9.90 Å². The van der Waals surface area contributed by atoms with Crippen molar-refractivity contribution in [3.05, 3.63) is 35.4 Å². The van der Waals surface area contributed by atoms with Crippen LogP contribution in [0.1, 0.15) is 55.7 Å². The molecular weight excluding hydrogens is 226 g/mol. The number of aliphatic carboxylic acids is 1. The minimum atomic E-state index is -0.713. The first kappa shape index (κ1) is 13.1. The normalized spacial score (nSPS) is 22.5. The molecular formula is C15H21NO2. The molecule has 2 unspecified atom stereocenters. The Morgan fingerprint density at radius 2 is 2.06 bits per heavy atom. The first-order chi connectivity index (χ1) is 8.68. The van der Waals surface area contributed by atoms with E-state index >= 15 is 0 Å². The third kappa shape index (κ3) is 3.10. The van der Waals surface area contributed by atoms with Gasteiger partial charge in [-0.05, 0) is 42.9 Å². The van der Waals surface area contributed by atoms with Crippen molar-refractivity contribution in [1.29, 1.82) is 0 Å². The van der Waals surface area contributed by atoms with E-state index in [1.807, 2.05) is 0 Å². The largest absolute Gasteiger partial charge is 0.481 e. The zero-order valence-electron chi connectivity index (χ0n) is 10.9. The summed E-state index contributed by atoms with van der Waals surface area (Å²) >= 11 is 0. The number of fused-ring (bicyclic) bond motifs is 1. The monoisotopic (exact) mass is 247 g/mol. The summed E-state index contributed by atoms with van der Waals surface area (Å²) in [5.41, 5.74) is 2.84. The Bertz CT molecular complexity index is 417. The van der Waals surface area contributed by atoms with Crippen molar-refractivity contribution in [3.8, 4) is 0 Å². The molecule has 0 spiro atoms. The van der Waals surface area contributed by atoms with E-state index in [1.165, 1.54) is 17.5 Å². The Labute approximate surface area is 108 Å². The minimum Gasteiger partial charge on any atom is -0.481 e. The third-order valence-electron chi connectivity index (χ3n) is 3.75. The van der Waals surface area contributed by atoms with Crippen molar-refractivity contribution in [2.45, 2.75) is 44.6 Å². The molecule has 0 bridgehead atoms. The number of hydrogen-bond acceptors (Lipinski definition) is 2. The first-order valence-electron chi connectivity index (χ1n) is 6.72. The van der Waals surface area contributed by atoms with Gasteiger partial charge in [-0.3, -0.25) is 4.79 Å². The van der Waals surface area contributed by atoms with Gasteiger partial charge in [-0.1, -0.05) is 31.2 Å². The number of carbonyl (C=O) groups is 1. The zero-order chi connectivity index (χ0) is 13.0. The lowest BCUT2D eigenvalue weighted by Crippen LogP contribution is -2.27. The molecule has 3 heteroatoms. The summed E-state index contributed by atoms with van der Waals surface area (Å²) in [7, 11) is 0. The van der Waals surface area contributed by atoms with Crippen LogP contribution in [0.15, 0.2) is 24.3 Å². The molecule has 0 fully saturated rings. The lowest BCUT2D eigenvalue weighted by molar-refractivity contribution is -0.137. The molecule has 1 aliphatic carbocycles. The second-order valence-electron chi connectivity index (χ2n) is 5.11. The van der Waals surface area contributed by atoms with Crippen molar-refractivity contribution in [2.75, 3.05) is 6.54 Å². The van der Waals surface area contributed by atoms with Crippen LogP contribution in [-0.4, -0.2) is 17.6 Å². The molecule has 3 nitrogen and oxygen atoms in total. The molecule has 1 aromatic rings. The van der Waals surface area contributed by atoms with Gasteiger partial charge in [-0.25, -0.2) is 0 Å². The molecule has 2 N–H and O–H groups in total. The fraction of sp³-hybridized carbons (Fsp3) is 0.533. The second-order valence-corrected chi connectivity index (χ2v) is 5.11. The fourth-order valence-electron chi connectivity index (χ4n) is 2.73. The van der Waals surface area contributed by atoms with Crippen LogP contribution in [0, 0.1) is 0 Å². The van der Waals surface area contributed by atoms with E-state index < -0.39 is 5.97 Å². The molecule has 98 valence electrons.